The van der Waals surface area contributed by atoms with E-state index in [-0.39, 0.29) is 11.9 Å². The number of carbonyl (C=O) groups is 2. The molecule has 0 bridgehead atoms. The zero-order valence-electron chi connectivity index (χ0n) is 13.2. The summed E-state index contributed by atoms with van der Waals surface area (Å²) in [6.45, 7) is 3.78. The Kier molecular flexibility index (Phi) is 6.21. The van der Waals surface area contributed by atoms with Crippen molar-refractivity contribution in [1.82, 2.24) is 0 Å². The third kappa shape index (κ3) is 4.21. The molecule has 0 aliphatic rings. The lowest BCUT2D eigenvalue weighted by molar-refractivity contribution is -0.141. The first-order valence-corrected chi connectivity index (χ1v) is 6.76. The molecule has 0 amide bonds. The van der Waals surface area contributed by atoms with E-state index in [1.165, 1.54) is 21.3 Å². The molecule has 5 heteroatoms. The molecular weight excluding hydrogens is 272 g/mol. The van der Waals surface area contributed by atoms with Crippen molar-refractivity contribution in [2.75, 3.05) is 21.3 Å². The SMILES string of the molecule is COC(=O)CC(C)Cc1ccc(C)c(C(=O)OC)c1OC. The minimum atomic E-state index is -0.424. The second kappa shape index (κ2) is 7.67. The van der Waals surface area contributed by atoms with Crippen LogP contribution in [0, 0.1) is 12.8 Å². The number of rotatable bonds is 6. The summed E-state index contributed by atoms with van der Waals surface area (Å²) < 4.78 is 14.9. The van der Waals surface area contributed by atoms with Crippen molar-refractivity contribution in [1.29, 1.82) is 0 Å². The third-order valence-corrected chi connectivity index (χ3v) is 3.35. The summed E-state index contributed by atoms with van der Waals surface area (Å²) in [5.74, 6) is -0.0771. The molecule has 116 valence electrons. The number of carbonyl (C=O) groups excluding carboxylic acids is 2. The number of methoxy groups -OCH3 is 3. The van der Waals surface area contributed by atoms with Crippen LogP contribution in [0.15, 0.2) is 12.1 Å². The summed E-state index contributed by atoms with van der Waals surface area (Å²) in [6.07, 6.45) is 0.934. The van der Waals surface area contributed by atoms with Crippen LogP contribution in [0.5, 0.6) is 5.75 Å². The Morgan fingerprint density at radius 1 is 1.14 bits per heavy atom. The zero-order chi connectivity index (χ0) is 16.0. The number of hydrogen-bond donors (Lipinski definition) is 0. The number of esters is 2. The van der Waals surface area contributed by atoms with Crippen LogP contribution >= 0.6 is 0 Å². The second-order valence-electron chi connectivity index (χ2n) is 5.03. The lowest BCUT2D eigenvalue weighted by Gasteiger charge is -2.17. The molecule has 0 radical (unpaired) electrons. The predicted molar refractivity (Wildman–Crippen MR) is 78.6 cm³/mol. The topological polar surface area (TPSA) is 61.8 Å². The first-order valence-electron chi connectivity index (χ1n) is 6.76. The van der Waals surface area contributed by atoms with Gasteiger partial charge in [-0.25, -0.2) is 4.79 Å². The minimum Gasteiger partial charge on any atom is -0.496 e. The number of hydrogen-bond acceptors (Lipinski definition) is 5. The first-order chi connectivity index (χ1) is 9.94. The van der Waals surface area contributed by atoms with Crippen molar-refractivity contribution >= 4 is 11.9 Å². The van der Waals surface area contributed by atoms with E-state index in [1.54, 1.807) is 0 Å². The molecule has 0 fully saturated rings. The van der Waals surface area contributed by atoms with Gasteiger partial charge in [0.1, 0.15) is 11.3 Å². The van der Waals surface area contributed by atoms with E-state index in [4.69, 9.17) is 9.47 Å². The highest BCUT2D eigenvalue weighted by Crippen LogP contribution is 2.30. The molecular formula is C16H22O5. The van der Waals surface area contributed by atoms with Crippen LogP contribution in [-0.2, 0) is 20.7 Å². The van der Waals surface area contributed by atoms with Gasteiger partial charge in [0.05, 0.1) is 21.3 Å². The van der Waals surface area contributed by atoms with Crippen LogP contribution in [-0.4, -0.2) is 33.3 Å². The van der Waals surface area contributed by atoms with Crippen LogP contribution in [0.3, 0.4) is 0 Å². The van der Waals surface area contributed by atoms with E-state index in [2.05, 4.69) is 4.74 Å². The minimum absolute atomic E-state index is 0.0829. The third-order valence-electron chi connectivity index (χ3n) is 3.35. The van der Waals surface area contributed by atoms with Gasteiger partial charge in [0.25, 0.3) is 0 Å². The van der Waals surface area contributed by atoms with Crippen molar-refractivity contribution in [3.63, 3.8) is 0 Å². The van der Waals surface area contributed by atoms with Gasteiger partial charge in [-0.1, -0.05) is 19.1 Å². The first kappa shape index (κ1) is 17.0. The van der Waals surface area contributed by atoms with Crippen molar-refractivity contribution in [3.05, 3.63) is 28.8 Å². The van der Waals surface area contributed by atoms with Gasteiger partial charge < -0.3 is 14.2 Å². The molecule has 1 aromatic carbocycles. The van der Waals surface area contributed by atoms with E-state index in [1.807, 2.05) is 26.0 Å². The predicted octanol–water partition coefficient (Wildman–Crippen LogP) is 2.53. The molecule has 5 nitrogen and oxygen atoms in total. The average molecular weight is 294 g/mol. The Morgan fingerprint density at radius 3 is 2.33 bits per heavy atom. The number of benzene rings is 1. The van der Waals surface area contributed by atoms with Crippen molar-refractivity contribution < 1.29 is 23.8 Å². The standard InChI is InChI=1S/C16H22O5/c1-10(9-13(17)19-3)8-12-7-6-11(2)14(15(12)20-4)16(18)21-5/h6-7,10H,8-9H2,1-5H3. The summed E-state index contributed by atoms with van der Waals surface area (Å²) >= 11 is 0. The quantitative estimate of drug-likeness (QED) is 0.754. The Hall–Kier alpha value is -2.04. The van der Waals surface area contributed by atoms with Gasteiger partial charge in [-0.2, -0.15) is 0 Å². The lowest BCUT2D eigenvalue weighted by Crippen LogP contribution is -2.12. The summed E-state index contributed by atoms with van der Waals surface area (Å²) in [6, 6.07) is 3.77. The van der Waals surface area contributed by atoms with Gasteiger partial charge in [0.2, 0.25) is 0 Å². The largest absolute Gasteiger partial charge is 0.496 e. The molecule has 1 aromatic rings. The molecule has 0 aliphatic heterocycles. The maximum absolute atomic E-state index is 11.9. The van der Waals surface area contributed by atoms with Gasteiger partial charge in [-0.3, -0.25) is 4.79 Å². The van der Waals surface area contributed by atoms with Crippen molar-refractivity contribution in [2.24, 2.45) is 5.92 Å². The van der Waals surface area contributed by atoms with E-state index < -0.39 is 5.97 Å². The smallest absolute Gasteiger partial charge is 0.341 e. The molecule has 1 atom stereocenters. The molecule has 1 unspecified atom stereocenters. The maximum atomic E-state index is 11.9. The highest BCUT2D eigenvalue weighted by Gasteiger charge is 2.21. The van der Waals surface area contributed by atoms with Gasteiger partial charge in [-0.15, -0.1) is 0 Å². The Balaban J connectivity index is 3.08. The van der Waals surface area contributed by atoms with Crippen LogP contribution in [0.1, 0.15) is 34.8 Å². The number of ether oxygens (including phenoxy) is 3. The fourth-order valence-corrected chi connectivity index (χ4v) is 2.29. The fourth-order valence-electron chi connectivity index (χ4n) is 2.29. The molecule has 0 saturated heterocycles. The molecule has 21 heavy (non-hydrogen) atoms. The Labute approximate surface area is 125 Å². The lowest BCUT2D eigenvalue weighted by atomic mass is 9.94. The molecule has 0 aromatic heterocycles. The monoisotopic (exact) mass is 294 g/mol. The van der Waals surface area contributed by atoms with E-state index >= 15 is 0 Å². The van der Waals surface area contributed by atoms with Crippen LogP contribution in [0.2, 0.25) is 0 Å². The molecule has 0 aliphatic carbocycles. The summed E-state index contributed by atoms with van der Waals surface area (Å²) in [4.78, 5) is 23.2. The Morgan fingerprint density at radius 2 is 1.81 bits per heavy atom. The van der Waals surface area contributed by atoms with Crippen LogP contribution in [0.4, 0.5) is 0 Å². The van der Waals surface area contributed by atoms with Crippen molar-refractivity contribution in [2.45, 2.75) is 26.7 Å². The highest BCUT2D eigenvalue weighted by molar-refractivity contribution is 5.94. The zero-order valence-corrected chi connectivity index (χ0v) is 13.2. The molecule has 0 N–H and O–H groups in total. The highest BCUT2D eigenvalue weighted by atomic mass is 16.5. The van der Waals surface area contributed by atoms with E-state index in [0.717, 1.165) is 11.1 Å². The fraction of sp³-hybridized carbons (Fsp3) is 0.500. The molecule has 0 spiro atoms. The summed E-state index contributed by atoms with van der Waals surface area (Å²) in [5, 5.41) is 0. The normalized spacial score (nSPS) is 11.7. The van der Waals surface area contributed by atoms with E-state index in [0.29, 0.717) is 24.2 Å². The van der Waals surface area contributed by atoms with Gasteiger partial charge in [-0.05, 0) is 30.4 Å². The second-order valence-corrected chi connectivity index (χ2v) is 5.03. The van der Waals surface area contributed by atoms with Gasteiger partial charge in [0.15, 0.2) is 0 Å². The summed E-state index contributed by atoms with van der Waals surface area (Å²) in [7, 11) is 4.24. The van der Waals surface area contributed by atoms with Crippen LogP contribution in [0.25, 0.3) is 0 Å². The van der Waals surface area contributed by atoms with E-state index in [9.17, 15) is 9.59 Å². The van der Waals surface area contributed by atoms with Crippen LogP contribution < -0.4 is 4.74 Å². The Bertz CT molecular complexity index is 522. The summed E-state index contributed by atoms with van der Waals surface area (Å²) in [5.41, 5.74) is 2.10. The number of aryl methyl sites for hydroxylation is 1. The van der Waals surface area contributed by atoms with Crippen molar-refractivity contribution in [3.8, 4) is 5.75 Å². The molecule has 0 saturated carbocycles. The average Bonchev–Trinajstić information content (AvgIpc) is 2.47. The molecule has 0 heterocycles. The maximum Gasteiger partial charge on any atom is 0.341 e. The molecule has 1 rings (SSSR count). The van der Waals surface area contributed by atoms with Gasteiger partial charge >= 0.3 is 11.9 Å². The van der Waals surface area contributed by atoms with Gasteiger partial charge in [0, 0.05) is 6.42 Å².